The summed E-state index contributed by atoms with van der Waals surface area (Å²) in [4.78, 5) is 23.0. The number of aliphatic hydroxyl groups excluding tert-OH is 1. The van der Waals surface area contributed by atoms with Crippen molar-refractivity contribution >= 4 is 11.9 Å². The molecule has 1 N–H and O–H groups in total. The molecule has 0 fully saturated rings. The van der Waals surface area contributed by atoms with Crippen LogP contribution in [0, 0.1) is 0 Å². The van der Waals surface area contributed by atoms with Gasteiger partial charge in [-0.05, 0) is 12.8 Å². The summed E-state index contributed by atoms with van der Waals surface area (Å²) in [7, 11) is 2.40. The minimum absolute atomic E-state index is 0.0403. The van der Waals surface area contributed by atoms with Crippen molar-refractivity contribution in [2.24, 2.45) is 0 Å². The zero-order valence-corrected chi connectivity index (χ0v) is 16.2. The Labute approximate surface area is 152 Å². The lowest BCUT2D eigenvalue weighted by molar-refractivity contribution is -0.151. The average Bonchev–Trinajstić information content (AvgIpc) is 2.63. The fraction of sp³-hybridized carbons (Fsp3) is 0.800. The molecule has 0 aromatic heterocycles. The summed E-state index contributed by atoms with van der Waals surface area (Å²) in [5.41, 5.74) is -0.0403. The van der Waals surface area contributed by atoms with E-state index in [1.807, 2.05) is 0 Å². The lowest BCUT2D eigenvalue weighted by Gasteiger charge is -2.11. The van der Waals surface area contributed by atoms with Crippen LogP contribution in [0.3, 0.4) is 0 Å². The van der Waals surface area contributed by atoms with Gasteiger partial charge in [-0.2, -0.15) is 0 Å². The number of methoxy groups -OCH3 is 2. The van der Waals surface area contributed by atoms with Crippen LogP contribution in [-0.4, -0.2) is 37.4 Å². The smallest absolute Gasteiger partial charge is 0.339 e. The van der Waals surface area contributed by atoms with Crippen molar-refractivity contribution in [1.82, 2.24) is 0 Å². The third kappa shape index (κ3) is 11.8. The van der Waals surface area contributed by atoms with Crippen molar-refractivity contribution in [2.75, 3.05) is 14.2 Å². The topological polar surface area (TPSA) is 72.8 Å². The maximum absolute atomic E-state index is 11.6. The Balaban J connectivity index is 3.88. The van der Waals surface area contributed by atoms with E-state index in [1.54, 1.807) is 6.08 Å². The summed E-state index contributed by atoms with van der Waals surface area (Å²) >= 11 is 0. The van der Waals surface area contributed by atoms with Crippen LogP contribution < -0.4 is 0 Å². The highest BCUT2D eigenvalue weighted by Gasteiger charge is 2.26. The molecule has 0 aliphatic carbocycles. The number of carbonyl (C=O) groups excluding carboxylic acids is 2. The van der Waals surface area contributed by atoms with Crippen LogP contribution in [0.4, 0.5) is 0 Å². The third-order valence-electron chi connectivity index (χ3n) is 4.31. The Morgan fingerprint density at radius 2 is 1.32 bits per heavy atom. The van der Waals surface area contributed by atoms with Crippen molar-refractivity contribution in [1.29, 1.82) is 0 Å². The number of aliphatic hydroxyl groups is 1. The average molecular weight is 357 g/mol. The van der Waals surface area contributed by atoms with Gasteiger partial charge in [0, 0.05) is 0 Å². The molecule has 5 nitrogen and oxygen atoms in total. The number of hydrogen-bond donors (Lipinski definition) is 1. The summed E-state index contributed by atoms with van der Waals surface area (Å²) < 4.78 is 9.07. The second kappa shape index (κ2) is 16.1. The summed E-state index contributed by atoms with van der Waals surface area (Å²) in [6.07, 6.45) is 14.4. The Morgan fingerprint density at radius 1 is 0.840 bits per heavy atom. The van der Waals surface area contributed by atoms with E-state index in [0.29, 0.717) is 6.42 Å². The van der Waals surface area contributed by atoms with E-state index in [1.165, 1.54) is 72.0 Å². The maximum Gasteiger partial charge on any atom is 0.339 e. The number of hydrogen-bond acceptors (Lipinski definition) is 5. The second-order valence-electron chi connectivity index (χ2n) is 6.40. The van der Waals surface area contributed by atoms with Crippen LogP contribution in [0.25, 0.3) is 0 Å². The molecule has 0 bridgehead atoms. The van der Waals surface area contributed by atoms with E-state index < -0.39 is 18.0 Å². The van der Waals surface area contributed by atoms with Crippen LogP contribution in [-0.2, 0) is 19.1 Å². The van der Waals surface area contributed by atoms with Gasteiger partial charge < -0.3 is 14.6 Å². The number of carbonyl (C=O) groups is 2. The maximum atomic E-state index is 11.6. The van der Waals surface area contributed by atoms with Crippen molar-refractivity contribution in [3.05, 3.63) is 11.6 Å². The SMILES string of the molecule is CCCCCCCCCCCCC/C=C(/C(=O)OC)C(O)C(=O)OC. The molecule has 0 amide bonds. The fourth-order valence-corrected chi connectivity index (χ4v) is 2.73. The highest BCUT2D eigenvalue weighted by Crippen LogP contribution is 2.14. The lowest BCUT2D eigenvalue weighted by Crippen LogP contribution is -2.28. The zero-order valence-electron chi connectivity index (χ0n) is 16.2. The second-order valence-corrected chi connectivity index (χ2v) is 6.40. The van der Waals surface area contributed by atoms with Crippen molar-refractivity contribution in [3.63, 3.8) is 0 Å². The number of esters is 2. The number of rotatable bonds is 15. The van der Waals surface area contributed by atoms with Crippen LogP contribution in [0.1, 0.15) is 84.0 Å². The normalized spacial score (nSPS) is 12.7. The molecule has 0 aliphatic rings. The Morgan fingerprint density at radius 3 is 1.76 bits per heavy atom. The molecule has 0 heterocycles. The molecule has 146 valence electrons. The first-order valence-electron chi connectivity index (χ1n) is 9.62. The fourth-order valence-electron chi connectivity index (χ4n) is 2.73. The molecule has 5 heteroatoms. The van der Waals surface area contributed by atoms with E-state index in [2.05, 4.69) is 16.4 Å². The molecule has 0 rings (SSSR count). The molecular weight excluding hydrogens is 320 g/mol. The number of ether oxygens (including phenoxy) is 2. The van der Waals surface area contributed by atoms with Gasteiger partial charge in [0.2, 0.25) is 0 Å². The predicted molar refractivity (Wildman–Crippen MR) is 99.2 cm³/mol. The van der Waals surface area contributed by atoms with Gasteiger partial charge in [-0.1, -0.05) is 77.2 Å². The molecule has 0 radical (unpaired) electrons. The van der Waals surface area contributed by atoms with Gasteiger partial charge in [0.1, 0.15) is 0 Å². The molecule has 1 unspecified atom stereocenters. The summed E-state index contributed by atoms with van der Waals surface area (Å²) in [5, 5.41) is 9.81. The van der Waals surface area contributed by atoms with E-state index in [9.17, 15) is 14.7 Å². The number of allylic oxidation sites excluding steroid dienone is 1. The molecule has 0 aromatic rings. The minimum Gasteiger partial charge on any atom is -0.467 e. The molecule has 25 heavy (non-hydrogen) atoms. The molecular formula is C20H36O5. The van der Waals surface area contributed by atoms with Gasteiger partial charge in [-0.25, -0.2) is 9.59 Å². The standard InChI is InChI=1S/C20H36O5/c1-4-5-6-7-8-9-10-11-12-13-14-15-16-17(19(22)24-2)18(21)20(23)25-3/h16,18,21H,4-15H2,1-3H3/b17-16+. The van der Waals surface area contributed by atoms with Gasteiger partial charge in [0.25, 0.3) is 0 Å². The highest BCUT2D eigenvalue weighted by atomic mass is 16.5. The van der Waals surface area contributed by atoms with Gasteiger partial charge >= 0.3 is 11.9 Å². The highest BCUT2D eigenvalue weighted by molar-refractivity contribution is 5.96. The molecule has 0 spiro atoms. The Bertz CT molecular complexity index is 390. The van der Waals surface area contributed by atoms with Gasteiger partial charge in [-0.15, -0.1) is 0 Å². The van der Waals surface area contributed by atoms with Crippen LogP contribution in [0.15, 0.2) is 11.6 Å². The van der Waals surface area contributed by atoms with Crippen LogP contribution in [0.2, 0.25) is 0 Å². The van der Waals surface area contributed by atoms with E-state index in [-0.39, 0.29) is 5.57 Å². The molecule has 0 saturated carbocycles. The largest absolute Gasteiger partial charge is 0.467 e. The van der Waals surface area contributed by atoms with E-state index in [0.717, 1.165) is 12.8 Å². The first-order valence-corrected chi connectivity index (χ1v) is 9.62. The molecule has 0 saturated heterocycles. The quantitative estimate of drug-likeness (QED) is 0.269. The Kier molecular flexibility index (Phi) is 15.2. The number of unbranched alkanes of at least 4 members (excludes halogenated alkanes) is 11. The van der Waals surface area contributed by atoms with E-state index >= 15 is 0 Å². The van der Waals surface area contributed by atoms with Crippen molar-refractivity contribution in [3.8, 4) is 0 Å². The van der Waals surface area contributed by atoms with Gasteiger partial charge in [0.05, 0.1) is 19.8 Å². The minimum atomic E-state index is -1.58. The monoisotopic (exact) mass is 356 g/mol. The van der Waals surface area contributed by atoms with Gasteiger partial charge in [0.15, 0.2) is 6.10 Å². The summed E-state index contributed by atoms with van der Waals surface area (Å²) in [6, 6.07) is 0. The first kappa shape index (κ1) is 23.6. The summed E-state index contributed by atoms with van der Waals surface area (Å²) in [5.74, 6) is -1.54. The lowest BCUT2D eigenvalue weighted by atomic mass is 10.0. The predicted octanol–water partition coefficient (Wildman–Crippen LogP) is 4.32. The summed E-state index contributed by atoms with van der Waals surface area (Å²) in [6.45, 7) is 2.24. The third-order valence-corrected chi connectivity index (χ3v) is 4.31. The van der Waals surface area contributed by atoms with E-state index in [4.69, 9.17) is 0 Å². The molecule has 0 aromatic carbocycles. The van der Waals surface area contributed by atoms with Crippen molar-refractivity contribution < 1.29 is 24.2 Å². The molecule has 1 atom stereocenters. The van der Waals surface area contributed by atoms with Crippen LogP contribution in [0.5, 0.6) is 0 Å². The van der Waals surface area contributed by atoms with Crippen LogP contribution >= 0.6 is 0 Å². The van der Waals surface area contributed by atoms with Gasteiger partial charge in [-0.3, -0.25) is 0 Å². The van der Waals surface area contributed by atoms with Crippen molar-refractivity contribution in [2.45, 2.75) is 90.1 Å². The Hall–Kier alpha value is -1.36. The molecule has 0 aliphatic heterocycles. The first-order chi connectivity index (χ1) is 12.1. The zero-order chi connectivity index (χ0) is 18.9.